The summed E-state index contributed by atoms with van der Waals surface area (Å²) < 4.78 is 0. The molecule has 0 unspecified atom stereocenters. The number of rotatable bonds is 6. The van der Waals surface area contributed by atoms with Gasteiger partial charge in [0.15, 0.2) is 0 Å². The fraction of sp³-hybridized carbons (Fsp3) is 0.368. The van der Waals surface area contributed by atoms with E-state index in [0.717, 1.165) is 38.0 Å². The summed E-state index contributed by atoms with van der Waals surface area (Å²) >= 11 is 5.86. The number of nitrogens with zero attached hydrogens (tertiary/aromatic N) is 2. The lowest BCUT2D eigenvalue weighted by molar-refractivity contribution is -0.384. The Morgan fingerprint density at radius 1 is 1.12 bits per heavy atom. The Morgan fingerprint density at radius 2 is 1.84 bits per heavy atom. The van der Waals surface area contributed by atoms with Crippen LogP contribution in [0.25, 0.3) is 0 Å². The highest BCUT2D eigenvalue weighted by Gasteiger charge is 2.19. The Balaban J connectivity index is 1.46. The lowest BCUT2D eigenvalue weighted by Crippen LogP contribution is -2.41. The van der Waals surface area contributed by atoms with Crippen LogP contribution in [0.1, 0.15) is 24.0 Å². The van der Waals surface area contributed by atoms with Gasteiger partial charge in [0.25, 0.3) is 5.69 Å². The molecule has 25 heavy (non-hydrogen) atoms. The summed E-state index contributed by atoms with van der Waals surface area (Å²) in [5.74, 6) is 0. The Kier molecular flexibility index (Phi) is 6.02. The van der Waals surface area contributed by atoms with Crippen molar-refractivity contribution in [1.82, 2.24) is 10.2 Å². The molecular formula is C19H22ClN3O2. The van der Waals surface area contributed by atoms with Crippen LogP contribution >= 0.6 is 11.6 Å². The van der Waals surface area contributed by atoms with E-state index in [-0.39, 0.29) is 10.7 Å². The summed E-state index contributed by atoms with van der Waals surface area (Å²) in [5.41, 5.74) is 2.21. The van der Waals surface area contributed by atoms with E-state index in [2.05, 4.69) is 34.5 Å². The van der Waals surface area contributed by atoms with Gasteiger partial charge < -0.3 is 5.32 Å². The summed E-state index contributed by atoms with van der Waals surface area (Å²) in [5, 5.41) is 14.7. The molecule has 0 saturated carbocycles. The average molecular weight is 360 g/mol. The van der Waals surface area contributed by atoms with Crippen molar-refractivity contribution in [3.8, 4) is 0 Å². The fourth-order valence-corrected chi connectivity index (χ4v) is 3.39. The van der Waals surface area contributed by atoms with E-state index in [0.29, 0.717) is 12.6 Å². The Morgan fingerprint density at radius 3 is 2.52 bits per heavy atom. The predicted octanol–water partition coefficient (Wildman–Crippen LogP) is 4.00. The first-order chi connectivity index (χ1) is 12.1. The van der Waals surface area contributed by atoms with E-state index >= 15 is 0 Å². The standard InChI is InChI=1S/C19H22ClN3O2/c20-18-7-6-16(12-19(18)23(24)25)13-21-17-8-10-22(11-9-17)14-15-4-2-1-3-5-15/h1-7,12,17,21H,8-11,13-14H2. The second-order valence-electron chi connectivity index (χ2n) is 6.46. The third-order valence-corrected chi connectivity index (χ3v) is 4.96. The van der Waals surface area contributed by atoms with Gasteiger partial charge in [0.2, 0.25) is 0 Å². The van der Waals surface area contributed by atoms with E-state index in [9.17, 15) is 10.1 Å². The minimum atomic E-state index is -0.437. The van der Waals surface area contributed by atoms with E-state index in [1.54, 1.807) is 12.1 Å². The zero-order chi connectivity index (χ0) is 17.6. The number of nitrogens with one attached hydrogen (secondary N) is 1. The summed E-state index contributed by atoms with van der Waals surface area (Å²) in [4.78, 5) is 13.0. The van der Waals surface area contributed by atoms with Crippen LogP contribution in [0.15, 0.2) is 48.5 Å². The Bertz CT molecular complexity index is 716. The molecule has 1 fully saturated rings. The number of piperidine rings is 1. The van der Waals surface area contributed by atoms with Crippen LogP contribution in [0, 0.1) is 10.1 Å². The molecule has 0 atom stereocenters. The molecule has 1 saturated heterocycles. The van der Waals surface area contributed by atoms with E-state index in [4.69, 9.17) is 11.6 Å². The smallest absolute Gasteiger partial charge is 0.288 e. The van der Waals surface area contributed by atoms with Gasteiger partial charge in [-0.1, -0.05) is 48.0 Å². The SMILES string of the molecule is O=[N+]([O-])c1cc(CNC2CCN(Cc3ccccc3)CC2)ccc1Cl. The van der Waals surface area contributed by atoms with Crippen molar-refractivity contribution in [3.63, 3.8) is 0 Å². The fourth-order valence-electron chi connectivity index (χ4n) is 3.21. The highest BCUT2D eigenvalue weighted by Crippen LogP contribution is 2.25. The van der Waals surface area contributed by atoms with Gasteiger partial charge in [-0.2, -0.15) is 0 Å². The molecule has 2 aromatic carbocycles. The van der Waals surface area contributed by atoms with Crippen LogP contribution in [0.5, 0.6) is 0 Å². The molecule has 132 valence electrons. The number of halogens is 1. The number of nitro groups is 1. The van der Waals surface area contributed by atoms with Crippen molar-refractivity contribution in [2.45, 2.75) is 32.0 Å². The first-order valence-corrected chi connectivity index (χ1v) is 8.92. The second kappa shape index (κ2) is 8.43. The number of hydrogen-bond acceptors (Lipinski definition) is 4. The molecule has 0 spiro atoms. The van der Waals surface area contributed by atoms with E-state index < -0.39 is 4.92 Å². The van der Waals surface area contributed by atoms with Gasteiger partial charge in [-0.25, -0.2) is 0 Å². The summed E-state index contributed by atoms with van der Waals surface area (Å²) in [6, 6.07) is 16.0. The lowest BCUT2D eigenvalue weighted by Gasteiger charge is -2.32. The zero-order valence-electron chi connectivity index (χ0n) is 14.0. The van der Waals surface area contributed by atoms with Crippen molar-refractivity contribution in [2.24, 2.45) is 0 Å². The van der Waals surface area contributed by atoms with Gasteiger partial charge in [0.1, 0.15) is 5.02 Å². The molecule has 6 heteroatoms. The van der Waals surface area contributed by atoms with Gasteiger partial charge >= 0.3 is 0 Å². The van der Waals surface area contributed by atoms with Crippen LogP contribution in [-0.2, 0) is 13.1 Å². The molecule has 0 amide bonds. The third kappa shape index (κ3) is 5.01. The average Bonchev–Trinajstić information content (AvgIpc) is 2.63. The van der Waals surface area contributed by atoms with Crippen LogP contribution in [0.3, 0.4) is 0 Å². The number of benzene rings is 2. The minimum Gasteiger partial charge on any atom is -0.310 e. The van der Waals surface area contributed by atoms with Crippen molar-refractivity contribution >= 4 is 17.3 Å². The molecule has 1 N–H and O–H groups in total. The molecular weight excluding hydrogens is 338 g/mol. The molecule has 0 radical (unpaired) electrons. The number of nitro benzene ring substituents is 1. The van der Waals surface area contributed by atoms with Crippen LogP contribution in [0.4, 0.5) is 5.69 Å². The van der Waals surface area contributed by atoms with Gasteiger partial charge in [-0.3, -0.25) is 15.0 Å². The maximum Gasteiger partial charge on any atom is 0.288 e. The van der Waals surface area contributed by atoms with Gasteiger partial charge in [-0.15, -0.1) is 0 Å². The molecule has 1 aliphatic rings. The van der Waals surface area contributed by atoms with Crippen LogP contribution in [0.2, 0.25) is 5.02 Å². The number of hydrogen-bond donors (Lipinski definition) is 1. The monoisotopic (exact) mass is 359 g/mol. The predicted molar refractivity (Wildman–Crippen MR) is 99.7 cm³/mol. The highest BCUT2D eigenvalue weighted by molar-refractivity contribution is 6.32. The van der Waals surface area contributed by atoms with E-state index in [1.807, 2.05) is 12.1 Å². The quantitative estimate of drug-likeness (QED) is 0.625. The molecule has 0 aliphatic carbocycles. The van der Waals surface area contributed by atoms with Crippen LogP contribution < -0.4 is 5.32 Å². The highest BCUT2D eigenvalue weighted by atomic mass is 35.5. The molecule has 1 heterocycles. The lowest BCUT2D eigenvalue weighted by atomic mass is 10.0. The topological polar surface area (TPSA) is 58.4 Å². The Labute approximate surface area is 152 Å². The van der Waals surface area contributed by atoms with Gasteiger partial charge in [0.05, 0.1) is 4.92 Å². The van der Waals surface area contributed by atoms with Crippen molar-refractivity contribution < 1.29 is 4.92 Å². The maximum absolute atomic E-state index is 11.0. The first kappa shape index (κ1) is 17.9. The van der Waals surface area contributed by atoms with Gasteiger partial charge in [-0.05, 0) is 43.1 Å². The molecule has 0 bridgehead atoms. The largest absolute Gasteiger partial charge is 0.310 e. The normalized spacial score (nSPS) is 16.0. The zero-order valence-corrected chi connectivity index (χ0v) is 14.8. The van der Waals surface area contributed by atoms with E-state index in [1.165, 1.54) is 5.56 Å². The van der Waals surface area contributed by atoms with Crippen molar-refractivity contribution in [3.05, 3.63) is 74.8 Å². The maximum atomic E-state index is 11.0. The summed E-state index contributed by atoms with van der Waals surface area (Å²) in [6.07, 6.45) is 2.17. The third-order valence-electron chi connectivity index (χ3n) is 4.64. The number of likely N-dealkylation sites (tertiary alicyclic amines) is 1. The molecule has 1 aliphatic heterocycles. The molecule has 3 rings (SSSR count). The minimum absolute atomic E-state index is 0.0290. The van der Waals surface area contributed by atoms with Gasteiger partial charge in [0, 0.05) is 25.2 Å². The first-order valence-electron chi connectivity index (χ1n) is 8.54. The molecule has 5 nitrogen and oxygen atoms in total. The summed E-state index contributed by atoms with van der Waals surface area (Å²) in [7, 11) is 0. The second-order valence-corrected chi connectivity index (χ2v) is 6.87. The molecule has 0 aromatic heterocycles. The van der Waals surface area contributed by atoms with Crippen molar-refractivity contribution in [1.29, 1.82) is 0 Å². The molecule has 2 aromatic rings. The Hall–Kier alpha value is -1.95. The summed E-state index contributed by atoms with van der Waals surface area (Å²) in [6.45, 7) is 3.75. The van der Waals surface area contributed by atoms with Crippen molar-refractivity contribution in [2.75, 3.05) is 13.1 Å². The van der Waals surface area contributed by atoms with Crippen LogP contribution in [-0.4, -0.2) is 29.0 Å².